The van der Waals surface area contributed by atoms with Crippen LogP contribution in [0.5, 0.6) is 0 Å². The van der Waals surface area contributed by atoms with Gasteiger partial charge in [-0.1, -0.05) is 11.6 Å². The van der Waals surface area contributed by atoms with E-state index in [-0.39, 0.29) is 0 Å². The first-order chi connectivity index (χ1) is 4.54. The van der Waals surface area contributed by atoms with E-state index in [1.165, 1.54) is 0 Å². The molecule has 0 aromatic carbocycles. The maximum atomic E-state index is 9.86. The number of primary amides is 1. The Kier molecular flexibility index (Phi) is 4.89. The first-order valence-electron chi connectivity index (χ1n) is 2.09. The molecule has 60 valence electrons. The molecule has 0 fully saturated rings. The van der Waals surface area contributed by atoms with Crippen molar-refractivity contribution in [3.8, 4) is 0 Å². The van der Waals surface area contributed by atoms with E-state index < -0.39 is 16.5 Å². The van der Waals surface area contributed by atoms with E-state index in [1.54, 1.807) is 0 Å². The van der Waals surface area contributed by atoms with E-state index >= 15 is 0 Å². The Balaban J connectivity index is 3.39. The molecule has 0 aliphatic rings. The Morgan fingerprint density at radius 2 is 1.90 bits per heavy atom. The van der Waals surface area contributed by atoms with Gasteiger partial charge in [0.2, 0.25) is 5.56 Å². The van der Waals surface area contributed by atoms with Crippen molar-refractivity contribution in [3.05, 3.63) is 0 Å². The van der Waals surface area contributed by atoms with Crippen molar-refractivity contribution in [2.45, 2.75) is 10.4 Å². The predicted octanol–water partition coefficient (Wildman–Crippen LogP) is 1.38. The molecule has 0 aromatic rings. The van der Waals surface area contributed by atoms with Crippen LogP contribution in [-0.2, 0) is 9.78 Å². The van der Waals surface area contributed by atoms with E-state index in [4.69, 9.17) is 34.8 Å². The van der Waals surface area contributed by atoms with Crippen molar-refractivity contribution < 1.29 is 14.6 Å². The van der Waals surface area contributed by atoms with Gasteiger partial charge in [0.15, 0.2) is 4.84 Å². The number of halogens is 3. The topological polar surface area (TPSA) is 61.6 Å². The minimum Gasteiger partial charge on any atom is -0.333 e. The highest BCUT2D eigenvalue weighted by Crippen LogP contribution is 2.15. The summed E-state index contributed by atoms with van der Waals surface area (Å²) >= 11 is 15.6. The van der Waals surface area contributed by atoms with Gasteiger partial charge in [-0.3, -0.25) is 4.89 Å². The third kappa shape index (κ3) is 4.93. The number of hydrogen-bond acceptors (Lipinski definition) is 3. The highest BCUT2D eigenvalue weighted by Gasteiger charge is 2.16. The second-order valence-electron chi connectivity index (χ2n) is 1.18. The standard InChI is InChI=1S/C3H4Cl3NO3/c4-1(5)2(6)9-10-3(7)8/h1-2H,(H2,7,8). The average molecular weight is 208 g/mol. The Morgan fingerprint density at radius 3 is 2.20 bits per heavy atom. The minimum absolute atomic E-state index is 0.985. The Labute approximate surface area is 72.0 Å². The van der Waals surface area contributed by atoms with Crippen LogP contribution in [0.2, 0.25) is 0 Å². The maximum absolute atomic E-state index is 9.86. The number of amides is 1. The van der Waals surface area contributed by atoms with Crippen molar-refractivity contribution in [1.82, 2.24) is 0 Å². The van der Waals surface area contributed by atoms with Gasteiger partial charge in [0.1, 0.15) is 0 Å². The SMILES string of the molecule is NC(=O)OOC(Cl)C(Cl)Cl. The molecule has 0 spiro atoms. The fraction of sp³-hybridized carbons (Fsp3) is 0.667. The van der Waals surface area contributed by atoms with E-state index in [0.29, 0.717) is 0 Å². The van der Waals surface area contributed by atoms with Gasteiger partial charge in [0, 0.05) is 0 Å². The summed E-state index contributed by atoms with van der Waals surface area (Å²) in [5.74, 6) is 0. The molecule has 7 heteroatoms. The molecule has 10 heavy (non-hydrogen) atoms. The molecule has 2 N–H and O–H groups in total. The van der Waals surface area contributed by atoms with Gasteiger partial charge in [-0.25, -0.2) is 4.79 Å². The predicted molar refractivity (Wildman–Crippen MR) is 36.9 cm³/mol. The first kappa shape index (κ1) is 10.1. The molecule has 0 aliphatic heterocycles. The fourth-order valence-electron chi connectivity index (χ4n) is 0.135. The van der Waals surface area contributed by atoms with Gasteiger partial charge >= 0.3 is 6.09 Å². The van der Waals surface area contributed by atoms with Gasteiger partial charge in [0.05, 0.1) is 0 Å². The van der Waals surface area contributed by atoms with Crippen LogP contribution >= 0.6 is 34.8 Å². The number of alkyl halides is 3. The average Bonchev–Trinajstić information content (AvgIpc) is 1.82. The summed E-state index contributed by atoms with van der Waals surface area (Å²) in [6.45, 7) is 0. The van der Waals surface area contributed by atoms with Crippen LogP contribution in [0, 0.1) is 0 Å². The van der Waals surface area contributed by atoms with Crippen molar-refractivity contribution >= 4 is 40.9 Å². The normalized spacial score (nSPS) is 13.2. The highest BCUT2D eigenvalue weighted by atomic mass is 35.5. The Morgan fingerprint density at radius 1 is 1.40 bits per heavy atom. The van der Waals surface area contributed by atoms with Gasteiger partial charge < -0.3 is 5.73 Å². The third-order valence-corrected chi connectivity index (χ3v) is 1.46. The van der Waals surface area contributed by atoms with Crippen LogP contribution in [0.15, 0.2) is 0 Å². The lowest BCUT2D eigenvalue weighted by Crippen LogP contribution is -2.20. The second kappa shape index (κ2) is 4.85. The maximum Gasteiger partial charge on any atom is 0.436 e. The molecule has 1 amide bonds. The molecule has 0 aliphatic carbocycles. The Hall–Kier alpha value is 0.1000. The summed E-state index contributed by atoms with van der Waals surface area (Å²) in [6.07, 6.45) is -1.11. The van der Waals surface area contributed by atoms with Crippen LogP contribution in [0.1, 0.15) is 0 Å². The highest BCUT2D eigenvalue weighted by molar-refractivity contribution is 6.48. The van der Waals surface area contributed by atoms with Crippen LogP contribution < -0.4 is 5.73 Å². The molecule has 0 saturated carbocycles. The van der Waals surface area contributed by atoms with E-state index in [9.17, 15) is 4.79 Å². The van der Waals surface area contributed by atoms with Crippen LogP contribution in [0.25, 0.3) is 0 Å². The lowest BCUT2D eigenvalue weighted by molar-refractivity contribution is -0.246. The molecule has 1 atom stereocenters. The molecule has 0 radical (unpaired) electrons. The molecule has 0 saturated heterocycles. The number of rotatable bonds is 3. The largest absolute Gasteiger partial charge is 0.436 e. The van der Waals surface area contributed by atoms with Gasteiger partial charge in [-0.15, -0.1) is 23.2 Å². The summed E-state index contributed by atoms with van der Waals surface area (Å²) < 4.78 is 0. The van der Waals surface area contributed by atoms with E-state index in [0.717, 1.165) is 0 Å². The lowest BCUT2D eigenvalue weighted by atomic mass is 10.8. The number of hydrogen-bond donors (Lipinski definition) is 1. The zero-order valence-electron chi connectivity index (χ0n) is 4.59. The van der Waals surface area contributed by atoms with E-state index in [1.807, 2.05) is 0 Å². The quantitative estimate of drug-likeness (QED) is 0.433. The zero-order chi connectivity index (χ0) is 8.15. The number of nitrogens with two attached hydrogens (primary N) is 1. The molecular formula is C3H4Cl3NO3. The van der Waals surface area contributed by atoms with Gasteiger partial charge in [0.25, 0.3) is 0 Å². The summed E-state index contributed by atoms with van der Waals surface area (Å²) in [5.41, 5.74) is 3.39. The van der Waals surface area contributed by atoms with Crippen LogP contribution in [0.4, 0.5) is 4.79 Å². The summed E-state index contributed by atoms with van der Waals surface area (Å²) in [5, 5.41) is 0. The first-order valence-corrected chi connectivity index (χ1v) is 3.40. The van der Waals surface area contributed by atoms with Crippen LogP contribution in [0.3, 0.4) is 0 Å². The third-order valence-electron chi connectivity index (χ3n) is 0.420. The molecular weight excluding hydrogens is 204 g/mol. The van der Waals surface area contributed by atoms with Crippen molar-refractivity contribution in [1.29, 1.82) is 0 Å². The fourth-order valence-corrected chi connectivity index (χ4v) is 0.256. The zero-order valence-corrected chi connectivity index (χ0v) is 6.86. The summed E-state index contributed by atoms with van der Waals surface area (Å²) in [7, 11) is 0. The summed E-state index contributed by atoms with van der Waals surface area (Å²) in [6, 6.07) is 0. The van der Waals surface area contributed by atoms with Crippen molar-refractivity contribution in [2.75, 3.05) is 0 Å². The van der Waals surface area contributed by atoms with Crippen LogP contribution in [-0.4, -0.2) is 16.5 Å². The lowest BCUT2D eigenvalue weighted by Gasteiger charge is -2.07. The summed E-state index contributed by atoms with van der Waals surface area (Å²) in [4.78, 5) is 16.8. The molecule has 4 nitrogen and oxygen atoms in total. The van der Waals surface area contributed by atoms with E-state index in [2.05, 4.69) is 15.5 Å². The molecule has 0 aromatic heterocycles. The minimum atomic E-state index is -1.11. The van der Waals surface area contributed by atoms with Gasteiger partial charge in [-0.2, -0.15) is 4.89 Å². The Bertz CT molecular complexity index is 120. The smallest absolute Gasteiger partial charge is 0.333 e. The number of carbonyl (C=O) groups excluding carboxylic acids is 1. The second-order valence-corrected chi connectivity index (χ2v) is 2.78. The monoisotopic (exact) mass is 207 g/mol. The van der Waals surface area contributed by atoms with Crippen molar-refractivity contribution in [3.63, 3.8) is 0 Å². The molecule has 0 rings (SSSR count). The molecule has 1 unspecified atom stereocenters. The van der Waals surface area contributed by atoms with Crippen molar-refractivity contribution in [2.24, 2.45) is 5.73 Å². The molecule has 0 bridgehead atoms. The molecule has 0 heterocycles. The van der Waals surface area contributed by atoms with Gasteiger partial charge in [-0.05, 0) is 0 Å². The number of carbonyl (C=O) groups is 1.